The van der Waals surface area contributed by atoms with E-state index in [2.05, 4.69) is 19.2 Å². The standard InChI is InChI=1S/C45H91NO3/c1-3-5-7-9-11-13-15-16-17-18-19-20-21-22-23-24-25-26-27-28-29-31-32-34-36-38-40-44(48)43(42-47)46-45(49)41-39-37-35-33-30-14-12-10-8-6-4-2/h43-44,47-48H,3-42H2,1-2H3,(H,46,49). The first-order valence-corrected chi connectivity index (χ1v) is 22.7. The Morgan fingerprint density at radius 3 is 0.918 bits per heavy atom. The molecule has 0 aromatic rings. The van der Waals surface area contributed by atoms with Gasteiger partial charge in [-0.1, -0.05) is 245 Å². The Kier molecular flexibility index (Phi) is 41.3. The van der Waals surface area contributed by atoms with Crippen molar-refractivity contribution in [1.29, 1.82) is 0 Å². The average molecular weight is 694 g/mol. The molecule has 4 nitrogen and oxygen atoms in total. The third-order valence-electron chi connectivity index (χ3n) is 10.9. The average Bonchev–Trinajstić information content (AvgIpc) is 3.10. The van der Waals surface area contributed by atoms with Crippen molar-refractivity contribution in [2.45, 2.75) is 276 Å². The van der Waals surface area contributed by atoms with Crippen molar-refractivity contribution in [3.63, 3.8) is 0 Å². The highest BCUT2D eigenvalue weighted by Gasteiger charge is 2.20. The van der Waals surface area contributed by atoms with Gasteiger partial charge in [0.2, 0.25) is 5.91 Å². The summed E-state index contributed by atoms with van der Waals surface area (Å²) in [5, 5.41) is 23.1. The van der Waals surface area contributed by atoms with Gasteiger partial charge in [-0.05, 0) is 12.8 Å². The van der Waals surface area contributed by atoms with E-state index in [1.807, 2.05) is 0 Å². The second-order valence-corrected chi connectivity index (χ2v) is 15.8. The summed E-state index contributed by atoms with van der Waals surface area (Å²) in [4.78, 5) is 12.3. The molecule has 0 radical (unpaired) electrons. The van der Waals surface area contributed by atoms with Crippen molar-refractivity contribution >= 4 is 5.91 Å². The normalized spacial score (nSPS) is 12.8. The third kappa shape index (κ3) is 38.5. The summed E-state index contributed by atoms with van der Waals surface area (Å²) in [5.74, 6) is -0.0287. The van der Waals surface area contributed by atoms with E-state index in [0.29, 0.717) is 12.8 Å². The highest BCUT2D eigenvalue weighted by Crippen LogP contribution is 2.17. The minimum absolute atomic E-state index is 0.0287. The molecular weight excluding hydrogens is 602 g/mol. The topological polar surface area (TPSA) is 69.6 Å². The molecule has 0 aromatic carbocycles. The molecule has 0 saturated heterocycles. The Morgan fingerprint density at radius 2 is 0.653 bits per heavy atom. The maximum atomic E-state index is 12.3. The molecule has 49 heavy (non-hydrogen) atoms. The Morgan fingerprint density at radius 1 is 0.408 bits per heavy atom. The lowest BCUT2D eigenvalue weighted by Crippen LogP contribution is -2.45. The monoisotopic (exact) mass is 694 g/mol. The van der Waals surface area contributed by atoms with Crippen LogP contribution in [0.1, 0.15) is 264 Å². The number of carbonyl (C=O) groups is 1. The van der Waals surface area contributed by atoms with Gasteiger partial charge in [0.15, 0.2) is 0 Å². The second kappa shape index (κ2) is 41.8. The number of amides is 1. The van der Waals surface area contributed by atoms with Crippen LogP contribution >= 0.6 is 0 Å². The Hall–Kier alpha value is -0.610. The zero-order valence-electron chi connectivity index (χ0n) is 33.7. The Balaban J connectivity index is 3.40. The van der Waals surface area contributed by atoms with Gasteiger partial charge in [0.05, 0.1) is 18.8 Å². The van der Waals surface area contributed by atoms with Gasteiger partial charge >= 0.3 is 0 Å². The molecule has 3 N–H and O–H groups in total. The SMILES string of the molecule is CCCCCCCCCCCCCCCCCCCCCCCCCCCCC(O)C(CO)NC(=O)CCCCCCCCCCCCC. The summed E-state index contributed by atoms with van der Waals surface area (Å²) in [6.07, 6.45) is 50.5. The van der Waals surface area contributed by atoms with Crippen molar-refractivity contribution in [1.82, 2.24) is 5.32 Å². The van der Waals surface area contributed by atoms with E-state index in [9.17, 15) is 15.0 Å². The van der Waals surface area contributed by atoms with E-state index < -0.39 is 12.1 Å². The molecular formula is C45H91NO3. The molecule has 0 fully saturated rings. The fraction of sp³-hybridized carbons (Fsp3) is 0.978. The van der Waals surface area contributed by atoms with E-state index in [4.69, 9.17) is 0 Å². The lowest BCUT2D eigenvalue weighted by atomic mass is 10.0. The number of hydrogen-bond acceptors (Lipinski definition) is 3. The lowest BCUT2D eigenvalue weighted by molar-refractivity contribution is -0.123. The van der Waals surface area contributed by atoms with Crippen LogP contribution in [0.5, 0.6) is 0 Å². The molecule has 0 aliphatic carbocycles. The molecule has 0 saturated carbocycles. The number of unbranched alkanes of at least 4 members (excludes halogenated alkanes) is 35. The maximum absolute atomic E-state index is 12.3. The van der Waals surface area contributed by atoms with Crippen LogP contribution in [-0.4, -0.2) is 34.9 Å². The van der Waals surface area contributed by atoms with Crippen molar-refractivity contribution in [3.8, 4) is 0 Å². The summed E-state index contributed by atoms with van der Waals surface area (Å²) in [7, 11) is 0. The minimum atomic E-state index is -0.652. The zero-order chi connectivity index (χ0) is 35.7. The minimum Gasteiger partial charge on any atom is -0.394 e. The summed E-state index contributed by atoms with van der Waals surface area (Å²) >= 11 is 0. The molecule has 294 valence electrons. The summed E-state index contributed by atoms with van der Waals surface area (Å²) in [5.41, 5.74) is 0. The number of hydrogen-bond donors (Lipinski definition) is 3. The smallest absolute Gasteiger partial charge is 0.220 e. The van der Waals surface area contributed by atoms with Crippen LogP contribution in [0.4, 0.5) is 0 Å². The number of aliphatic hydroxyl groups is 2. The zero-order valence-corrected chi connectivity index (χ0v) is 33.7. The molecule has 0 aliphatic heterocycles. The molecule has 0 heterocycles. The fourth-order valence-electron chi connectivity index (χ4n) is 7.36. The van der Waals surface area contributed by atoms with Crippen LogP contribution in [0.2, 0.25) is 0 Å². The van der Waals surface area contributed by atoms with Crippen LogP contribution in [0.15, 0.2) is 0 Å². The van der Waals surface area contributed by atoms with Crippen molar-refractivity contribution in [2.24, 2.45) is 0 Å². The summed E-state index contributed by atoms with van der Waals surface area (Å²) < 4.78 is 0. The summed E-state index contributed by atoms with van der Waals surface area (Å²) in [6.45, 7) is 4.37. The molecule has 0 aromatic heterocycles. The molecule has 0 spiro atoms. The van der Waals surface area contributed by atoms with E-state index >= 15 is 0 Å². The quantitative estimate of drug-likeness (QED) is 0.0557. The molecule has 0 rings (SSSR count). The predicted molar refractivity (Wildman–Crippen MR) is 216 cm³/mol. The molecule has 4 heteroatoms. The first-order valence-electron chi connectivity index (χ1n) is 22.7. The third-order valence-corrected chi connectivity index (χ3v) is 10.9. The molecule has 1 amide bonds. The van der Waals surface area contributed by atoms with E-state index in [-0.39, 0.29) is 12.5 Å². The van der Waals surface area contributed by atoms with Gasteiger partial charge in [0.25, 0.3) is 0 Å². The number of aliphatic hydroxyl groups excluding tert-OH is 2. The summed E-state index contributed by atoms with van der Waals surface area (Å²) in [6, 6.07) is -0.528. The van der Waals surface area contributed by atoms with Gasteiger partial charge in [-0.3, -0.25) is 4.79 Å². The molecule has 2 atom stereocenters. The largest absolute Gasteiger partial charge is 0.394 e. The van der Waals surface area contributed by atoms with Crippen LogP contribution in [0.3, 0.4) is 0 Å². The lowest BCUT2D eigenvalue weighted by Gasteiger charge is -2.22. The second-order valence-electron chi connectivity index (χ2n) is 15.8. The van der Waals surface area contributed by atoms with E-state index in [0.717, 1.165) is 25.7 Å². The van der Waals surface area contributed by atoms with Gasteiger partial charge < -0.3 is 15.5 Å². The first kappa shape index (κ1) is 48.4. The number of carbonyl (C=O) groups excluding carboxylic acids is 1. The number of nitrogens with one attached hydrogen (secondary N) is 1. The van der Waals surface area contributed by atoms with Gasteiger partial charge in [0.1, 0.15) is 0 Å². The van der Waals surface area contributed by atoms with Crippen LogP contribution < -0.4 is 5.32 Å². The van der Waals surface area contributed by atoms with E-state index in [1.54, 1.807) is 0 Å². The van der Waals surface area contributed by atoms with Crippen LogP contribution in [0, 0.1) is 0 Å². The van der Waals surface area contributed by atoms with E-state index in [1.165, 1.54) is 212 Å². The Labute approximate surface area is 308 Å². The van der Waals surface area contributed by atoms with Crippen molar-refractivity contribution in [3.05, 3.63) is 0 Å². The van der Waals surface area contributed by atoms with Gasteiger partial charge in [-0.15, -0.1) is 0 Å². The van der Waals surface area contributed by atoms with Gasteiger partial charge in [-0.2, -0.15) is 0 Å². The predicted octanol–water partition coefficient (Wildman–Crippen LogP) is 14.1. The molecule has 0 aliphatic rings. The highest BCUT2D eigenvalue weighted by molar-refractivity contribution is 5.76. The molecule has 0 bridgehead atoms. The maximum Gasteiger partial charge on any atom is 0.220 e. The fourth-order valence-corrected chi connectivity index (χ4v) is 7.36. The highest BCUT2D eigenvalue weighted by atomic mass is 16.3. The van der Waals surface area contributed by atoms with Gasteiger partial charge in [-0.25, -0.2) is 0 Å². The van der Waals surface area contributed by atoms with Crippen LogP contribution in [0.25, 0.3) is 0 Å². The Bertz CT molecular complexity index is 626. The van der Waals surface area contributed by atoms with Crippen molar-refractivity contribution in [2.75, 3.05) is 6.61 Å². The van der Waals surface area contributed by atoms with Crippen LogP contribution in [-0.2, 0) is 4.79 Å². The number of rotatable bonds is 42. The first-order chi connectivity index (χ1) is 24.2. The van der Waals surface area contributed by atoms with Gasteiger partial charge in [0, 0.05) is 6.42 Å². The van der Waals surface area contributed by atoms with Crippen molar-refractivity contribution < 1.29 is 15.0 Å². The molecule has 2 unspecified atom stereocenters.